The van der Waals surface area contributed by atoms with Crippen molar-refractivity contribution in [3.8, 4) is 5.75 Å². The molecule has 9 nitrogen and oxygen atoms in total. The van der Waals surface area contributed by atoms with E-state index in [-0.39, 0.29) is 23.8 Å². The summed E-state index contributed by atoms with van der Waals surface area (Å²) in [6, 6.07) is 3.67. The molecule has 0 aliphatic carbocycles. The predicted molar refractivity (Wildman–Crippen MR) is 77.3 cm³/mol. The molecule has 0 atom stereocenters. The molecule has 9 heteroatoms. The van der Waals surface area contributed by atoms with E-state index >= 15 is 0 Å². The average molecular weight is 324 g/mol. The SMILES string of the molecule is COC(=O)c1ccc(OCC(=O)N2CCOCC2)c([N+](=O)[O-])c1. The lowest BCUT2D eigenvalue weighted by Gasteiger charge is -2.26. The van der Waals surface area contributed by atoms with Crippen LogP contribution in [-0.2, 0) is 14.3 Å². The van der Waals surface area contributed by atoms with Crippen LogP contribution in [0, 0.1) is 10.1 Å². The minimum absolute atomic E-state index is 0.0334. The lowest BCUT2D eigenvalue weighted by molar-refractivity contribution is -0.385. The Morgan fingerprint density at radius 1 is 1.35 bits per heavy atom. The van der Waals surface area contributed by atoms with Crippen molar-refractivity contribution in [1.82, 2.24) is 4.90 Å². The highest BCUT2D eigenvalue weighted by Gasteiger charge is 2.22. The van der Waals surface area contributed by atoms with Crippen molar-refractivity contribution in [3.63, 3.8) is 0 Å². The summed E-state index contributed by atoms with van der Waals surface area (Å²) < 4.78 is 14.9. The molecule has 0 radical (unpaired) electrons. The van der Waals surface area contributed by atoms with Gasteiger partial charge >= 0.3 is 11.7 Å². The van der Waals surface area contributed by atoms with E-state index in [0.717, 1.165) is 6.07 Å². The van der Waals surface area contributed by atoms with Crippen molar-refractivity contribution in [1.29, 1.82) is 0 Å². The first-order valence-electron chi connectivity index (χ1n) is 6.88. The number of hydrogen-bond donors (Lipinski definition) is 0. The maximum Gasteiger partial charge on any atom is 0.338 e. The van der Waals surface area contributed by atoms with E-state index in [4.69, 9.17) is 9.47 Å². The van der Waals surface area contributed by atoms with Crippen LogP contribution in [0.2, 0.25) is 0 Å². The Bertz CT molecular complexity index is 611. The summed E-state index contributed by atoms with van der Waals surface area (Å²) in [6.07, 6.45) is 0. The van der Waals surface area contributed by atoms with E-state index < -0.39 is 16.6 Å². The predicted octanol–water partition coefficient (Wildman–Crippen LogP) is 0.619. The van der Waals surface area contributed by atoms with Crippen LogP contribution >= 0.6 is 0 Å². The van der Waals surface area contributed by atoms with Gasteiger partial charge in [0.1, 0.15) is 0 Å². The highest BCUT2D eigenvalue weighted by atomic mass is 16.6. The van der Waals surface area contributed by atoms with Gasteiger partial charge in [-0.2, -0.15) is 0 Å². The molecule has 1 amide bonds. The molecular formula is C14H16N2O7. The van der Waals surface area contributed by atoms with Crippen LogP contribution in [0.5, 0.6) is 5.75 Å². The monoisotopic (exact) mass is 324 g/mol. The molecule has 0 saturated carbocycles. The standard InChI is InChI=1S/C14H16N2O7/c1-21-14(18)10-2-3-12(11(8-10)16(19)20)23-9-13(17)15-4-6-22-7-5-15/h2-3,8H,4-7,9H2,1H3. The van der Waals surface area contributed by atoms with Gasteiger partial charge in [0, 0.05) is 19.2 Å². The number of ether oxygens (including phenoxy) is 3. The molecule has 0 aromatic heterocycles. The highest BCUT2D eigenvalue weighted by molar-refractivity contribution is 5.90. The first-order valence-corrected chi connectivity index (χ1v) is 6.88. The van der Waals surface area contributed by atoms with Crippen LogP contribution in [0.25, 0.3) is 0 Å². The van der Waals surface area contributed by atoms with Crippen LogP contribution in [-0.4, -0.2) is 61.7 Å². The third kappa shape index (κ3) is 4.16. The summed E-state index contributed by atoms with van der Waals surface area (Å²) in [5.74, 6) is -1.05. The Labute approximate surface area is 131 Å². The second kappa shape index (κ2) is 7.54. The van der Waals surface area contributed by atoms with Gasteiger partial charge in [0.15, 0.2) is 12.4 Å². The van der Waals surface area contributed by atoms with Crippen molar-refractivity contribution in [2.45, 2.75) is 0 Å². The molecule has 1 aromatic rings. The van der Waals surface area contributed by atoms with Gasteiger partial charge in [-0.15, -0.1) is 0 Å². The van der Waals surface area contributed by atoms with E-state index in [1.54, 1.807) is 4.90 Å². The van der Waals surface area contributed by atoms with E-state index in [1.807, 2.05) is 0 Å². The number of esters is 1. The van der Waals surface area contributed by atoms with Gasteiger partial charge in [0.2, 0.25) is 0 Å². The van der Waals surface area contributed by atoms with E-state index in [9.17, 15) is 19.7 Å². The smallest absolute Gasteiger partial charge is 0.338 e. The first-order chi connectivity index (χ1) is 11.0. The van der Waals surface area contributed by atoms with Gasteiger partial charge in [-0.25, -0.2) is 4.79 Å². The van der Waals surface area contributed by atoms with Gasteiger partial charge in [-0.05, 0) is 12.1 Å². The van der Waals surface area contributed by atoms with Crippen molar-refractivity contribution < 1.29 is 28.7 Å². The largest absolute Gasteiger partial charge is 0.477 e. The molecule has 1 fully saturated rings. The minimum Gasteiger partial charge on any atom is -0.477 e. The zero-order chi connectivity index (χ0) is 16.8. The number of morpholine rings is 1. The second-order valence-corrected chi connectivity index (χ2v) is 4.71. The molecule has 1 aliphatic heterocycles. The Balaban J connectivity index is 2.08. The number of methoxy groups -OCH3 is 1. The van der Waals surface area contributed by atoms with Gasteiger partial charge in [0.05, 0.1) is 30.8 Å². The Hall–Kier alpha value is -2.68. The maximum absolute atomic E-state index is 12.0. The highest BCUT2D eigenvalue weighted by Crippen LogP contribution is 2.28. The molecule has 0 N–H and O–H groups in total. The number of carbonyl (C=O) groups is 2. The molecule has 0 bridgehead atoms. The third-order valence-electron chi connectivity index (χ3n) is 3.29. The first kappa shape index (κ1) is 16.7. The number of benzene rings is 1. The Kier molecular flexibility index (Phi) is 5.47. The number of hydrogen-bond acceptors (Lipinski definition) is 7. The topological polar surface area (TPSA) is 108 Å². The van der Waals surface area contributed by atoms with Crippen molar-refractivity contribution >= 4 is 17.6 Å². The second-order valence-electron chi connectivity index (χ2n) is 4.71. The number of nitrogens with zero attached hydrogens (tertiary/aromatic N) is 2. The van der Waals surface area contributed by atoms with Crippen LogP contribution in [0.15, 0.2) is 18.2 Å². The van der Waals surface area contributed by atoms with E-state index in [1.165, 1.54) is 19.2 Å². The molecule has 1 aromatic carbocycles. The minimum atomic E-state index is -0.691. The van der Waals surface area contributed by atoms with Gasteiger partial charge in [0.25, 0.3) is 5.91 Å². The fourth-order valence-corrected chi connectivity index (χ4v) is 2.07. The summed E-state index contributed by atoms with van der Waals surface area (Å²) >= 11 is 0. The third-order valence-corrected chi connectivity index (χ3v) is 3.29. The molecule has 23 heavy (non-hydrogen) atoms. The fourth-order valence-electron chi connectivity index (χ4n) is 2.07. The molecule has 1 aliphatic rings. The van der Waals surface area contributed by atoms with Gasteiger partial charge < -0.3 is 19.1 Å². The molecule has 1 saturated heterocycles. The summed E-state index contributed by atoms with van der Waals surface area (Å²) in [5.41, 5.74) is -0.367. The molecular weight excluding hydrogens is 308 g/mol. The lowest BCUT2D eigenvalue weighted by Crippen LogP contribution is -2.43. The Morgan fingerprint density at radius 3 is 2.65 bits per heavy atom. The molecule has 2 rings (SSSR count). The summed E-state index contributed by atoms with van der Waals surface area (Å²) in [5, 5.41) is 11.1. The zero-order valence-corrected chi connectivity index (χ0v) is 12.5. The van der Waals surface area contributed by atoms with Crippen molar-refractivity contribution in [3.05, 3.63) is 33.9 Å². The van der Waals surface area contributed by atoms with Crippen LogP contribution < -0.4 is 4.74 Å². The fraction of sp³-hybridized carbons (Fsp3) is 0.429. The van der Waals surface area contributed by atoms with Crippen LogP contribution in [0.4, 0.5) is 5.69 Å². The van der Waals surface area contributed by atoms with Gasteiger partial charge in [-0.1, -0.05) is 0 Å². The van der Waals surface area contributed by atoms with E-state index in [0.29, 0.717) is 26.3 Å². The summed E-state index contributed by atoms with van der Waals surface area (Å²) in [4.78, 5) is 35.4. The molecule has 0 spiro atoms. The number of carbonyl (C=O) groups excluding carboxylic acids is 2. The Morgan fingerprint density at radius 2 is 2.04 bits per heavy atom. The van der Waals surface area contributed by atoms with Crippen LogP contribution in [0.3, 0.4) is 0 Å². The average Bonchev–Trinajstić information content (AvgIpc) is 2.59. The summed E-state index contributed by atoms with van der Waals surface area (Å²) in [6.45, 7) is 1.52. The van der Waals surface area contributed by atoms with Crippen LogP contribution in [0.1, 0.15) is 10.4 Å². The van der Waals surface area contributed by atoms with Crippen molar-refractivity contribution in [2.24, 2.45) is 0 Å². The number of nitro groups is 1. The quantitative estimate of drug-likeness (QED) is 0.444. The molecule has 124 valence electrons. The summed E-state index contributed by atoms with van der Waals surface area (Å²) in [7, 11) is 1.18. The number of nitro benzene ring substituents is 1. The van der Waals surface area contributed by atoms with E-state index in [2.05, 4.69) is 4.74 Å². The number of amides is 1. The molecule has 0 unspecified atom stereocenters. The van der Waals surface area contributed by atoms with Crippen molar-refractivity contribution in [2.75, 3.05) is 40.0 Å². The lowest BCUT2D eigenvalue weighted by atomic mass is 10.2. The van der Waals surface area contributed by atoms with Gasteiger partial charge in [-0.3, -0.25) is 14.9 Å². The zero-order valence-electron chi connectivity index (χ0n) is 12.5. The number of rotatable bonds is 5. The normalized spacial score (nSPS) is 14.2. The maximum atomic E-state index is 12.0. The molecule has 1 heterocycles.